The van der Waals surface area contributed by atoms with Gasteiger partial charge in [-0.25, -0.2) is 17.5 Å². The summed E-state index contributed by atoms with van der Waals surface area (Å²) in [6.45, 7) is 1.87. The average Bonchev–Trinajstić information content (AvgIpc) is 2.85. The highest BCUT2D eigenvalue weighted by Gasteiger charge is 2.29. The molecule has 0 bridgehead atoms. The first-order valence-electron chi connectivity index (χ1n) is 11.4. The maximum absolute atomic E-state index is 13.1. The highest BCUT2D eigenvalue weighted by molar-refractivity contribution is 7.89. The van der Waals surface area contributed by atoms with Gasteiger partial charge >= 0.3 is 0 Å². The van der Waals surface area contributed by atoms with Gasteiger partial charge in [-0.05, 0) is 79.6 Å². The lowest BCUT2D eigenvalue weighted by Crippen LogP contribution is -2.41. The summed E-state index contributed by atoms with van der Waals surface area (Å²) in [6, 6.07) is 16.1. The Labute approximate surface area is 199 Å². The van der Waals surface area contributed by atoms with E-state index < -0.39 is 10.0 Å². The van der Waals surface area contributed by atoms with Crippen LogP contribution >= 0.6 is 0 Å². The van der Waals surface area contributed by atoms with Crippen molar-refractivity contribution in [2.75, 3.05) is 0 Å². The first-order valence-corrected chi connectivity index (χ1v) is 12.9. The number of hydrogen-bond acceptors (Lipinski definition) is 4. The van der Waals surface area contributed by atoms with E-state index in [4.69, 9.17) is 0 Å². The van der Waals surface area contributed by atoms with Gasteiger partial charge in [0, 0.05) is 24.4 Å². The maximum atomic E-state index is 13.1. The Kier molecular flexibility index (Phi) is 7.38. The van der Waals surface area contributed by atoms with E-state index in [9.17, 15) is 17.6 Å². The quantitative estimate of drug-likeness (QED) is 0.516. The van der Waals surface area contributed by atoms with Crippen LogP contribution in [0, 0.1) is 11.7 Å². The molecule has 3 aromatic rings. The average molecular weight is 482 g/mol. The second-order valence-corrected chi connectivity index (χ2v) is 10.4. The molecule has 1 aliphatic carbocycles. The predicted octanol–water partition coefficient (Wildman–Crippen LogP) is 4.60. The summed E-state index contributed by atoms with van der Waals surface area (Å²) >= 11 is 0. The van der Waals surface area contributed by atoms with Crippen LogP contribution in [0.25, 0.3) is 11.1 Å². The van der Waals surface area contributed by atoms with E-state index >= 15 is 0 Å². The maximum Gasteiger partial charge on any atom is 0.240 e. The molecule has 0 aliphatic heterocycles. The smallest absolute Gasteiger partial charge is 0.240 e. The Morgan fingerprint density at radius 2 is 1.65 bits per heavy atom. The molecule has 1 atom stereocenters. The molecule has 1 amide bonds. The van der Waals surface area contributed by atoms with Crippen molar-refractivity contribution in [2.45, 2.75) is 49.6 Å². The van der Waals surface area contributed by atoms with Crippen molar-refractivity contribution < 1.29 is 17.6 Å². The van der Waals surface area contributed by atoms with Crippen molar-refractivity contribution >= 4 is 15.9 Å². The third-order valence-corrected chi connectivity index (χ3v) is 7.84. The number of sulfonamides is 1. The largest absolute Gasteiger partial charge is 0.349 e. The van der Waals surface area contributed by atoms with Crippen LogP contribution < -0.4 is 10.0 Å². The topological polar surface area (TPSA) is 88.2 Å². The molecule has 0 saturated heterocycles. The lowest BCUT2D eigenvalue weighted by molar-refractivity contribution is -0.126. The summed E-state index contributed by atoms with van der Waals surface area (Å²) in [6.07, 6.45) is 5.82. The fourth-order valence-electron chi connectivity index (χ4n) is 4.29. The fourth-order valence-corrected chi connectivity index (χ4v) is 5.59. The lowest BCUT2D eigenvalue weighted by Gasteiger charge is -2.29. The normalized spacial score (nSPS) is 19.4. The van der Waals surface area contributed by atoms with E-state index in [1.54, 1.807) is 48.8 Å². The Balaban J connectivity index is 1.30. The van der Waals surface area contributed by atoms with Crippen LogP contribution in [0.5, 0.6) is 0 Å². The van der Waals surface area contributed by atoms with Crippen LogP contribution in [0.2, 0.25) is 0 Å². The highest BCUT2D eigenvalue weighted by atomic mass is 32.2. The van der Waals surface area contributed by atoms with E-state index in [1.165, 1.54) is 12.1 Å². The standard InChI is InChI=1S/C26H28FN3O3S/c1-18(19-4-10-23(27)11-5-19)29-26(31)21-6-12-24(13-7-21)30-34(32,33)25-14-8-20(9-15-25)22-3-2-16-28-17-22/h2-5,8-11,14-18,21,24,30H,6-7,12-13H2,1H3,(H,29,31)/t18-,21?,24?/m1/s1. The van der Waals surface area contributed by atoms with Crippen molar-refractivity contribution in [1.82, 2.24) is 15.0 Å². The number of rotatable bonds is 7. The molecule has 0 spiro atoms. The molecular weight excluding hydrogens is 453 g/mol. The van der Waals surface area contributed by atoms with E-state index in [0.29, 0.717) is 25.7 Å². The van der Waals surface area contributed by atoms with Crippen LogP contribution in [0.15, 0.2) is 78.0 Å². The molecule has 2 aromatic carbocycles. The second-order valence-electron chi connectivity index (χ2n) is 8.72. The Morgan fingerprint density at radius 3 is 2.26 bits per heavy atom. The molecule has 1 saturated carbocycles. The number of nitrogens with one attached hydrogen (secondary N) is 2. The summed E-state index contributed by atoms with van der Waals surface area (Å²) in [5.74, 6) is -0.529. The number of pyridine rings is 1. The molecule has 178 valence electrons. The SMILES string of the molecule is C[C@@H](NC(=O)C1CCC(NS(=O)(=O)c2ccc(-c3cccnc3)cc2)CC1)c1ccc(F)cc1. The Hall–Kier alpha value is -3.10. The van der Waals surface area contributed by atoms with E-state index in [0.717, 1.165) is 16.7 Å². The Bertz CT molecular complexity index is 1210. The molecule has 0 unspecified atom stereocenters. The van der Waals surface area contributed by atoms with E-state index in [-0.39, 0.29) is 34.6 Å². The number of carbonyl (C=O) groups excluding carboxylic acids is 1. The zero-order valence-corrected chi connectivity index (χ0v) is 19.8. The lowest BCUT2D eigenvalue weighted by atomic mass is 9.85. The van der Waals surface area contributed by atoms with Gasteiger partial charge in [-0.3, -0.25) is 9.78 Å². The third kappa shape index (κ3) is 5.87. The van der Waals surface area contributed by atoms with Crippen molar-refractivity contribution in [2.24, 2.45) is 5.92 Å². The zero-order chi connectivity index (χ0) is 24.1. The monoisotopic (exact) mass is 481 g/mol. The molecule has 1 fully saturated rings. The number of halogens is 1. The molecule has 34 heavy (non-hydrogen) atoms. The molecule has 2 N–H and O–H groups in total. The van der Waals surface area contributed by atoms with Crippen molar-refractivity contribution in [3.63, 3.8) is 0 Å². The molecule has 4 rings (SSSR count). The van der Waals surface area contributed by atoms with Crippen molar-refractivity contribution in [1.29, 1.82) is 0 Å². The molecular formula is C26H28FN3O3S. The summed E-state index contributed by atoms with van der Waals surface area (Å²) in [5, 5.41) is 2.99. The number of amides is 1. The highest BCUT2D eigenvalue weighted by Crippen LogP contribution is 2.27. The van der Waals surface area contributed by atoms with Crippen molar-refractivity contribution in [3.05, 3.63) is 84.4 Å². The second kappa shape index (κ2) is 10.4. The number of hydrogen-bond donors (Lipinski definition) is 2. The van der Waals surface area contributed by atoms with Crippen molar-refractivity contribution in [3.8, 4) is 11.1 Å². The van der Waals surface area contributed by atoms with Crippen LogP contribution in [0.1, 0.15) is 44.2 Å². The summed E-state index contributed by atoms with van der Waals surface area (Å²) in [7, 11) is -3.65. The first kappa shape index (κ1) is 24.0. The van der Waals surface area contributed by atoms with Gasteiger partial charge in [0.05, 0.1) is 10.9 Å². The van der Waals surface area contributed by atoms with Gasteiger partial charge < -0.3 is 5.32 Å². The minimum Gasteiger partial charge on any atom is -0.349 e. The number of aromatic nitrogens is 1. The zero-order valence-electron chi connectivity index (χ0n) is 18.9. The van der Waals surface area contributed by atoms with Crippen LogP contribution in [0.3, 0.4) is 0 Å². The molecule has 8 heteroatoms. The molecule has 1 aliphatic rings. The van der Waals surface area contributed by atoms with Crippen LogP contribution in [0.4, 0.5) is 4.39 Å². The van der Waals surface area contributed by atoms with Gasteiger partial charge in [0.15, 0.2) is 0 Å². The summed E-state index contributed by atoms with van der Waals surface area (Å²) in [5.41, 5.74) is 2.66. The van der Waals surface area contributed by atoms with Gasteiger partial charge in [0.25, 0.3) is 0 Å². The van der Waals surface area contributed by atoms with Crippen LogP contribution in [-0.4, -0.2) is 25.4 Å². The Morgan fingerprint density at radius 1 is 0.971 bits per heavy atom. The van der Waals surface area contributed by atoms with Gasteiger partial charge in [0.2, 0.25) is 15.9 Å². The predicted molar refractivity (Wildman–Crippen MR) is 129 cm³/mol. The fraction of sp³-hybridized carbons (Fsp3) is 0.308. The number of benzene rings is 2. The molecule has 0 radical (unpaired) electrons. The van der Waals surface area contributed by atoms with Gasteiger partial charge in [-0.15, -0.1) is 0 Å². The molecule has 1 aromatic heterocycles. The van der Waals surface area contributed by atoms with Gasteiger partial charge in [-0.2, -0.15) is 0 Å². The molecule has 6 nitrogen and oxygen atoms in total. The van der Waals surface area contributed by atoms with Crippen LogP contribution in [-0.2, 0) is 14.8 Å². The molecule has 1 heterocycles. The van der Waals surface area contributed by atoms with E-state index in [2.05, 4.69) is 15.0 Å². The van der Waals surface area contributed by atoms with Gasteiger partial charge in [-0.1, -0.05) is 30.3 Å². The summed E-state index contributed by atoms with van der Waals surface area (Å²) < 4.78 is 41.6. The minimum atomic E-state index is -3.65. The summed E-state index contributed by atoms with van der Waals surface area (Å²) in [4.78, 5) is 17.0. The minimum absolute atomic E-state index is 0.0517. The number of nitrogens with zero attached hydrogens (tertiary/aromatic N) is 1. The van der Waals surface area contributed by atoms with Gasteiger partial charge in [0.1, 0.15) is 5.82 Å². The first-order chi connectivity index (χ1) is 16.3. The number of carbonyl (C=O) groups is 1. The van der Waals surface area contributed by atoms with E-state index in [1.807, 2.05) is 19.1 Å². The third-order valence-electron chi connectivity index (χ3n) is 6.31.